The Hall–Kier alpha value is -3.39. The zero-order valence-corrected chi connectivity index (χ0v) is 21.4. The summed E-state index contributed by atoms with van der Waals surface area (Å²) in [6, 6.07) is 12.8. The van der Waals surface area contributed by atoms with Gasteiger partial charge in [-0.05, 0) is 73.8 Å². The minimum Gasteiger partial charge on any atom is -0.508 e. The van der Waals surface area contributed by atoms with E-state index in [1.54, 1.807) is 19.1 Å². The van der Waals surface area contributed by atoms with Crippen molar-refractivity contribution in [1.29, 1.82) is 0 Å². The van der Waals surface area contributed by atoms with Gasteiger partial charge in [0.2, 0.25) is 11.8 Å². The minimum absolute atomic E-state index is 0.0465. The van der Waals surface area contributed by atoms with E-state index in [0.29, 0.717) is 37.4 Å². The second-order valence-corrected chi connectivity index (χ2v) is 10.1. The Morgan fingerprint density at radius 2 is 1.69 bits per heavy atom. The number of Topliss-reactive ketones (excluding diaryl/α,β-unsaturated/α-hetero) is 1. The maximum Gasteiger partial charge on any atom is 0.236 e. The molecule has 2 N–H and O–H groups in total. The molecule has 2 aliphatic heterocycles. The Morgan fingerprint density at radius 1 is 1.00 bits per heavy atom. The Labute approximate surface area is 212 Å². The zero-order valence-electron chi connectivity index (χ0n) is 21.4. The normalized spacial score (nSPS) is 18.5. The molecule has 0 bridgehead atoms. The van der Waals surface area contributed by atoms with Crippen LogP contribution in [0.1, 0.15) is 49.0 Å². The van der Waals surface area contributed by atoms with Crippen molar-refractivity contribution < 1.29 is 19.5 Å². The van der Waals surface area contributed by atoms with Gasteiger partial charge in [0, 0.05) is 49.7 Å². The number of aromatic hydroxyl groups is 1. The van der Waals surface area contributed by atoms with E-state index < -0.39 is 0 Å². The van der Waals surface area contributed by atoms with Gasteiger partial charge in [-0.25, -0.2) is 0 Å². The predicted molar refractivity (Wildman–Crippen MR) is 141 cm³/mol. The van der Waals surface area contributed by atoms with Crippen LogP contribution in [0.3, 0.4) is 0 Å². The fourth-order valence-electron chi connectivity index (χ4n) is 4.94. The minimum atomic E-state index is -0.163. The largest absolute Gasteiger partial charge is 0.508 e. The fraction of sp³-hybridized carbons (Fsp3) is 0.464. The number of phenolic OH excluding ortho intramolecular Hbond substituents is 1. The van der Waals surface area contributed by atoms with E-state index in [0.717, 1.165) is 37.3 Å². The molecule has 0 aromatic heterocycles. The molecule has 0 spiro atoms. The number of nitrogens with one attached hydrogen (secondary N) is 1. The molecule has 2 saturated heterocycles. The van der Waals surface area contributed by atoms with Crippen molar-refractivity contribution in [3.05, 3.63) is 53.6 Å². The van der Waals surface area contributed by atoms with Crippen LogP contribution < -0.4 is 10.2 Å². The number of hydrogen-bond acceptors (Lipinski definition) is 6. The van der Waals surface area contributed by atoms with Crippen LogP contribution in [0, 0.1) is 5.92 Å². The molecule has 8 nitrogen and oxygen atoms in total. The average Bonchev–Trinajstić information content (AvgIpc) is 3.34. The highest BCUT2D eigenvalue weighted by Crippen LogP contribution is 2.29. The molecule has 2 aromatic rings. The van der Waals surface area contributed by atoms with Crippen LogP contribution in [0.4, 0.5) is 11.4 Å². The van der Waals surface area contributed by atoms with Gasteiger partial charge in [-0.15, -0.1) is 0 Å². The lowest BCUT2D eigenvalue weighted by Crippen LogP contribution is -2.51. The maximum absolute atomic E-state index is 12.9. The summed E-state index contributed by atoms with van der Waals surface area (Å²) in [5.41, 5.74) is 3.26. The molecule has 2 fully saturated rings. The average molecular weight is 493 g/mol. The molecule has 2 aliphatic rings. The summed E-state index contributed by atoms with van der Waals surface area (Å²) in [6.45, 7) is 9.99. The van der Waals surface area contributed by atoms with Crippen LogP contribution >= 0.6 is 0 Å². The van der Waals surface area contributed by atoms with Crippen molar-refractivity contribution in [3.63, 3.8) is 0 Å². The third-order valence-corrected chi connectivity index (χ3v) is 7.19. The van der Waals surface area contributed by atoms with Crippen molar-refractivity contribution in [2.75, 3.05) is 56.0 Å². The molecule has 4 rings (SSSR count). The lowest BCUT2D eigenvalue weighted by atomic mass is 10.0. The van der Waals surface area contributed by atoms with Crippen molar-refractivity contribution in [2.45, 2.75) is 33.1 Å². The fourth-order valence-corrected chi connectivity index (χ4v) is 4.94. The molecule has 2 amide bonds. The smallest absolute Gasteiger partial charge is 0.236 e. The second-order valence-electron chi connectivity index (χ2n) is 10.1. The lowest BCUT2D eigenvalue weighted by molar-refractivity contribution is -0.132. The van der Waals surface area contributed by atoms with Crippen LogP contribution in [0.15, 0.2) is 42.5 Å². The maximum atomic E-state index is 12.9. The number of nitrogens with zero attached hydrogens (tertiary/aromatic N) is 3. The number of anilines is 2. The van der Waals surface area contributed by atoms with Gasteiger partial charge in [0.25, 0.3) is 0 Å². The second kappa shape index (κ2) is 11.1. The molecule has 0 radical (unpaired) electrons. The summed E-state index contributed by atoms with van der Waals surface area (Å²) < 4.78 is 0. The van der Waals surface area contributed by atoms with Gasteiger partial charge < -0.3 is 20.2 Å². The first-order valence-corrected chi connectivity index (χ1v) is 12.7. The number of phenols is 1. The van der Waals surface area contributed by atoms with E-state index in [-0.39, 0.29) is 35.2 Å². The summed E-state index contributed by atoms with van der Waals surface area (Å²) in [4.78, 5) is 43.4. The number of piperazine rings is 1. The molecule has 0 unspecified atom stereocenters. The Morgan fingerprint density at radius 3 is 2.33 bits per heavy atom. The van der Waals surface area contributed by atoms with E-state index in [4.69, 9.17) is 0 Å². The highest BCUT2D eigenvalue weighted by Gasteiger charge is 2.31. The summed E-state index contributed by atoms with van der Waals surface area (Å²) in [7, 11) is 0. The number of hydrogen-bond donors (Lipinski definition) is 2. The zero-order chi connectivity index (χ0) is 25.8. The molecule has 0 saturated carbocycles. The van der Waals surface area contributed by atoms with Crippen LogP contribution in [0.2, 0.25) is 0 Å². The molecule has 8 heteroatoms. The molecule has 36 heavy (non-hydrogen) atoms. The predicted octanol–water partition coefficient (Wildman–Crippen LogP) is 3.33. The molecular formula is C28H36N4O4. The highest BCUT2D eigenvalue weighted by atomic mass is 16.3. The van der Waals surface area contributed by atoms with Gasteiger partial charge in [0.05, 0.1) is 12.5 Å². The van der Waals surface area contributed by atoms with Crippen LogP contribution in [-0.4, -0.2) is 78.3 Å². The van der Waals surface area contributed by atoms with E-state index >= 15 is 0 Å². The Balaban J connectivity index is 1.23. The third-order valence-electron chi connectivity index (χ3n) is 7.19. The van der Waals surface area contributed by atoms with Gasteiger partial charge in [-0.3, -0.25) is 19.3 Å². The van der Waals surface area contributed by atoms with E-state index in [9.17, 15) is 19.5 Å². The number of amides is 2. The van der Waals surface area contributed by atoms with Crippen molar-refractivity contribution in [1.82, 2.24) is 9.80 Å². The third kappa shape index (κ3) is 6.05. The highest BCUT2D eigenvalue weighted by molar-refractivity contribution is 5.94. The van der Waals surface area contributed by atoms with Crippen LogP contribution in [0.25, 0.3) is 0 Å². The number of rotatable bonds is 7. The quantitative estimate of drug-likeness (QED) is 0.455. The number of carbonyl (C=O) groups is 3. The summed E-state index contributed by atoms with van der Waals surface area (Å²) in [5, 5.41) is 13.0. The SMILES string of the molecule is CC(=O)c1ccc(N2CCN(C(=O)CN3CC[C@@H](C(=O)Nc4ccc(O)c(C(C)C)c4)C3)CC2)cc1. The molecule has 192 valence electrons. The first-order chi connectivity index (χ1) is 17.2. The Kier molecular flexibility index (Phi) is 7.94. The number of carbonyl (C=O) groups excluding carboxylic acids is 3. The molecule has 2 heterocycles. The Bertz CT molecular complexity index is 1110. The van der Waals surface area contributed by atoms with Crippen LogP contribution in [0.5, 0.6) is 5.75 Å². The number of likely N-dealkylation sites (tertiary alicyclic amines) is 1. The van der Waals surface area contributed by atoms with Crippen molar-refractivity contribution >= 4 is 29.0 Å². The summed E-state index contributed by atoms with van der Waals surface area (Å²) in [5.74, 6) is 0.338. The van der Waals surface area contributed by atoms with Gasteiger partial charge >= 0.3 is 0 Å². The standard InChI is InChI=1S/C28H36N4O4/c1-19(2)25-16-23(6-9-26(25)34)29-28(36)22-10-11-30(17-22)18-27(35)32-14-12-31(13-15-32)24-7-4-21(5-8-24)20(3)33/h4-9,16,19,22,34H,10-15,17-18H2,1-3H3,(H,29,36)/t22-/m1/s1. The van der Waals surface area contributed by atoms with Gasteiger partial charge in [-0.2, -0.15) is 0 Å². The first kappa shape index (κ1) is 25.7. The van der Waals surface area contributed by atoms with Crippen molar-refractivity contribution in [2.24, 2.45) is 5.92 Å². The lowest BCUT2D eigenvalue weighted by Gasteiger charge is -2.36. The monoisotopic (exact) mass is 492 g/mol. The van der Waals surface area contributed by atoms with E-state index in [1.807, 2.05) is 49.1 Å². The van der Waals surface area contributed by atoms with Gasteiger partial charge in [-0.1, -0.05) is 13.8 Å². The van der Waals surface area contributed by atoms with Crippen LogP contribution in [-0.2, 0) is 9.59 Å². The topological polar surface area (TPSA) is 93.2 Å². The number of benzene rings is 2. The summed E-state index contributed by atoms with van der Waals surface area (Å²) >= 11 is 0. The van der Waals surface area contributed by atoms with Gasteiger partial charge in [0.15, 0.2) is 5.78 Å². The van der Waals surface area contributed by atoms with Crippen molar-refractivity contribution in [3.8, 4) is 5.75 Å². The van der Waals surface area contributed by atoms with Gasteiger partial charge in [0.1, 0.15) is 5.75 Å². The molecule has 2 aromatic carbocycles. The molecular weight excluding hydrogens is 456 g/mol. The molecule has 1 atom stereocenters. The first-order valence-electron chi connectivity index (χ1n) is 12.7. The summed E-state index contributed by atoms with van der Waals surface area (Å²) in [6.07, 6.45) is 0.721. The number of ketones is 1. The van der Waals surface area contributed by atoms with E-state index in [2.05, 4.69) is 15.1 Å². The van der Waals surface area contributed by atoms with E-state index in [1.165, 1.54) is 0 Å². The molecule has 0 aliphatic carbocycles.